The molecule has 47 heavy (non-hydrogen) atoms. The minimum atomic E-state index is -0.602. The van der Waals surface area contributed by atoms with Gasteiger partial charge >= 0.3 is 0 Å². The van der Waals surface area contributed by atoms with E-state index in [9.17, 15) is 28.8 Å². The molecule has 0 aliphatic rings. The van der Waals surface area contributed by atoms with E-state index in [-0.39, 0.29) is 40.8 Å². The Morgan fingerprint density at radius 1 is 0.617 bits per heavy atom. The molecule has 0 aromatic carbocycles. The molecule has 17 heteroatoms. The van der Waals surface area contributed by atoms with Gasteiger partial charge in [-0.05, 0) is 27.7 Å². The molecular weight excluding hydrogens is 632 g/mol. The van der Waals surface area contributed by atoms with Crippen molar-refractivity contribution in [3.8, 4) is 0 Å². The minimum Gasteiger partial charge on any atom is -0.370 e. The van der Waals surface area contributed by atoms with E-state index in [1.165, 1.54) is 24.8 Å². The van der Waals surface area contributed by atoms with Gasteiger partial charge in [0.25, 0.3) is 29.5 Å². The first-order valence-corrected chi connectivity index (χ1v) is 14.5. The maximum absolute atomic E-state index is 13.2. The van der Waals surface area contributed by atoms with Crippen molar-refractivity contribution in [1.82, 2.24) is 25.3 Å². The molecule has 0 aliphatic carbocycles. The number of primary amides is 1. The smallest absolute Gasteiger partial charge is 0.272 e. The minimum absolute atomic E-state index is 0.00771. The number of nitrogens with one attached hydrogen (secondary N) is 9. The highest BCUT2D eigenvalue weighted by atomic mass is 35.5. The first-order valence-electron chi connectivity index (χ1n) is 14.1. The number of hydrogen-bond donors (Lipinski definition) is 10. The summed E-state index contributed by atoms with van der Waals surface area (Å²) in [5.41, 5.74) is 9.12. The lowest BCUT2D eigenvalue weighted by molar-refractivity contribution is -0.118. The maximum Gasteiger partial charge on any atom is 0.272 e. The van der Waals surface area contributed by atoms with Gasteiger partial charge in [0.2, 0.25) is 5.91 Å². The zero-order valence-electron chi connectivity index (χ0n) is 25.8. The van der Waals surface area contributed by atoms with Crippen LogP contribution in [-0.4, -0.2) is 61.9 Å². The van der Waals surface area contributed by atoms with E-state index in [2.05, 4.69) is 53.1 Å². The van der Waals surface area contributed by atoms with Crippen LogP contribution in [0.4, 0.5) is 22.7 Å². The number of hydrogen-bond acceptors (Lipinski definition) is 6. The second kappa shape index (κ2) is 13.9. The van der Waals surface area contributed by atoms with Crippen molar-refractivity contribution in [2.45, 2.75) is 34.1 Å². The summed E-state index contributed by atoms with van der Waals surface area (Å²) in [4.78, 5) is 85.7. The van der Waals surface area contributed by atoms with Gasteiger partial charge in [0, 0.05) is 60.0 Å². The highest BCUT2D eigenvalue weighted by Gasteiger charge is 2.23. The van der Waals surface area contributed by atoms with Crippen molar-refractivity contribution in [3.05, 3.63) is 81.4 Å². The molecule has 0 aliphatic heterocycles. The summed E-state index contributed by atoms with van der Waals surface area (Å²) in [6, 6.07) is 0. The summed E-state index contributed by atoms with van der Waals surface area (Å²) in [5.74, 6) is -3.14. The lowest BCUT2D eigenvalue weighted by Crippen LogP contribution is -2.28. The number of aromatic nitrogens is 4. The number of carbonyl (C=O) groups is 6. The van der Waals surface area contributed by atoms with E-state index in [1.54, 1.807) is 27.7 Å². The lowest BCUT2D eigenvalue weighted by atomic mass is 10.2. The molecule has 11 N–H and O–H groups in total. The Morgan fingerprint density at radius 2 is 0.936 bits per heavy atom. The van der Waals surface area contributed by atoms with Crippen LogP contribution < -0.4 is 32.3 Å². The van der Waals surface area contributed by atoms with Crippen LogP contribution in [0.25, 0.3) is 0 Å². The van der Waals surface area contributed by atoms with E-state index in [1.807, 2.05) is 0 Å². The Labute approximate surface area is 272 Å². The molecule has 4 heterocycles. The third-order valence-corrected chi connectivity index (χ3v) is 7.54. The van der Waals surface area contributed by atoms with Gasteiger partial charge in [-0.25, -0.2) is 0 Å². The summed E-state index contributed by atoms with van der Waals surface area (Å²) in [5, 5.41) is 13.1. The van der Waals surface area contributed by atoms with Crippen molar-refractivity contribution in [2.75, 3.05) is 27.8 Å². The molecule has 6 amide bonds. The molecule has 0 radical (unpaired) electrons. The molecule has 0 spiro atoms. The Balaban J connectivity index is 1.39. The molecule has 16 nitrogen and oxygen atoms in total. The van der Waals surface area contributed by atoms with Gasteiger partial charge in [0.1, 0.15) is 22.8 Å². The molecule has 0 atom stereocenters. The molecule has 4 aromatic heterocycles. The Bertz CT molecular complexity index is 1930. The van der Waals surface area contributed by atoms with Crippen LogP contribution in [0.5, 0.6) is 0 Å². The summed E-state index contributed by atoms with van der Waals surface area (Å²) in [6.07, 6.45) is 5.84. The van der Waals surface area contributed by atoms with Gasteiger partial charge in [-0.15, -0.1) is 0 Å². The van der Waals surface area contributed by atoms with Gasteiger partial charge in [-0.2, -0.15) is 0 Å². The Hall–Kier alpha value is -6.03. The zero-order valence-corrected chi connectivity index (χ0v) is 26.6. The number of aromatic amines is 4. The van der Waals surface area contributed by atoms with Crippen molar-refractivity contribution in [1.29, 1.82) is 0 Å². The summed E-state index contributed by atoms with van der Waals surface area (Å²) in [7, 11) is 0. The van der Waals surface area contributed by atoms with Gasteiger partial charge in [0.05, 0.1) is 27.8 Å². The van der Waals surface area contributed by atoms with Crippen LogP contribution in [0.1, 0.15) is 70.6 Å². The summed E-state index contributed by atoms with van der Waals surface area (Å²) < 4.78 is 0. The van der Waals surface area contributed by atoms with E-state index in [0.717, 1.165) is 0 Å². The number of nitrogens with two attached hydrogens (primary N) is 1. The van der Waals surface area contributed by atoms with E-state index in [4.69, 9.17) is 17.3 Å². The molecule has 0 fully saturated rings. The highest BCUT2D eigenvalue weighted by molar-refractivity contribution is 6.43. The standard InChI is InChI=1S/C30H33ClN10O6/c1-12-18(9-34-22(12)27(44)33-7-6-21(32)42)39-29(46)24-14(3)20(11-36-24)41-30(47)25-15(4)19(10-37-25)40-28(45)23-13(2)17(8-35-23)38-26(43)16(5)31/h8-11,34-37H,5-7H2,1-4H3,(H2,32,42)(H,33,44)(H,38,43)(H,39,46)(H,40,45)(H,41,47). The third kappa shape index (κ3) is 7.45. The van der Waals surface area contributed by atoms with Crippen molar-refractivity contribution < 1.29 is 28.8 Å². The number of H-pyrrole nitrogens is 4. The predicted octanol–water partition coefficient (Wildman–Crippen LogP) is 3.29. The topological polar surface area (TPSA) is 252 Å². The fourth-order valence-electron chi connectivity index (χ4n) is 4.58. The van der Waals surface area contributed by atoms with Crippen LogP contribution in [0.3, 0.4) is 0 Å². The summed E-state index contributed by atoms with van der Waals surface area (Å²) >= 11 is 5.62. The van der Waals surface area contributed by atoms with Crippen molar-refractivity contribution in [2.24, 2.45) is 5.73 Å². The van der Waals surface area contributed by atoms with Crippen LogP contribution in [0, 0.1) is 27.7 Å². The monoisotopic (exact) mass is 664 g/mol. The number of anilines is 4. The van der Waals surface area contributed by atoms with Gasteiger partial charge in [-0.3, -0.25) is 28.8 Å². The normalized spacial score (nSPS) is 10.7. The largest absolute Gasteiger partial charge is 0.370 e. The van der Waals surface area contributed by atoms with Crippen molar-refractivity contribution in [3.63, 3.8) is 0 Å². The first kappa shape index (κ1) is 33.9. The maximum atomic E-state index is 13.2. The second-order valence-corrected chi connectivity index (χ2v) is 11.0. The molecule has 0 unspecified atom stereocenters. The summed E-state index contributed by atoms with van der Waals surface area (Å²) in [6.45, 7) is 10.0. The third-order valence-electron chi connectivity index (χ3n) is 7.36. The number of carbonyl (C=O) groups excluding carboxylic acids is 6. The molecular formula is C30H33ClN10O6. The average Bonchev–Trinajstić information content (AvgIpc) is 3.76. The van der Waals surface area contributed by atoms with E-state index >= 15 is 0 Å². The quantitative estimate of drug-likeness (QED) is 0.102. The molecule has 0 saturated heterocycles. The Kier molecular flexibility index (Phi) is 10.0. The first-order chi connectivity index (χ1) is 22.2. The van der Waals surface area contributed by atoms with Gasteiger partial charge < -0.3 is 52.3 Å². The lowest BCUT2D eigenvalue weighted by Gasteiger charge is -2.08. The fourth-order valence-corrected chi connectivity index (χ4v) is 4.62. The number of amides is 6. The fraction of sp³-hybridized carbons (Fsp3) is 0.200. The van der Waals surface area contributed by atoms with Gasteiger partial charge in [-0.1, -0.05) is 18.2 Å². The molecule has 246 valence electrons. The molecule has 0 saturated carbocycles. The predicted molar refractivity (Wildman–Crippen MR) is 176 cm³/mol. The van der Waals surface area contributed by atoms with E-state index in [0.29, 0.717) is 45.0 Å². The molecule has 0 bridgehead atoms. The number of halogens is 1. The Morgan fingerprint density at radius 3 is 1.26 bits per heavy atom. The SMILES string of the molecule is C=C(Cl)C(=O)Nc1c[nH]c(C(=O)Nc2c[nH]c(C(=O)Nc3c[nH]c(C(=O)Nc4c[nH]c(C(=O)NCCC(N)=O)c4C)c3C)c2C)c1C. The average molecular weight is 665 g/mol. The van der Waals surface area contributed by atoms with Crippen LogP contribution in [0.2, 0.25) is 0 Å². The van der Waals surface area contributed by atoms with Gasteiger partial charge in [0.15, 0.2) is 0 Å². The van der Waals surface area contributed by atoms with E-state index < -0.39 is 35.4 Å². The highest BCUT2D eigenvalue weighted by Crippen LogP contribution is 2.26. The molecule has 4 rings (SSSR count). The van der Waals surface area contributed by atoms with Crippen molar-refractivity contribution >= 4 is 69.8 Å². The molecule has 4 aromatic rings. The zero-order chi connectivity index (χ0) is 34.6. The number of rotatable bonds is 12. The van der Waals surface area contributed by atoms with Crippen LogP contribution in [0.15, 0.2) is 36.4 Å². The van der Waals surface area contributed by atoms with Crippen LogP contribution in [-0.2, 0) is 9.59 Å². The second-order valence-electron chi connectivity index (χ2n) is 10.5. The van der Waals surface area contributed by atoms with Crippen LogP contribution >= 0.6 is 11.6 Å².